The maximum atomic E-state index is 13.0. The Morgan fingerprint density at radius 3 is 2.29 bits per heavy atom. The Hall–Kier alpha value is -3.15. The first-order valence-electron chi connectivity index (χ1n) is 9.57. The number of likely N-dealkylation sites (tertiary alicyclic amines) is 1. The summed E-state index contributed by atoms with van der Waals surface area (Å²) in [5.74, 6) is -0.239. The van der Waals surface area contributed by atoms with Crippen LogP contribution in [-0.4, -0.2) is 40.7 Å². The number of carbonyl (C=O) groups excluding carboxylic acids is 3. The second kappa shape index (κ2) is 7.11. The molecule has 2 aliphatic rings. The van der Waals surface area contributed by atoms with E-state index in [1.165, 1.54) is 4.90 Å². The van der Waals surface area contributed by atoms with Crippen LogP contribution in [0.2, 0.25) is 0 Å². The highest BCUT2D eigenvalue weighted by atomic mass is 16.2. The first-order valence-corrected chi connectivity index (χ1v) is 9.57. The lowest BCUT2D eigenvalue weighted by molar-refractivity contribution is -0.131. The molecule has 6 heteroatoms. The quantitative estimate of drug-likeness (QED) is 0.833. The van der Waals surface area contributed by atoms with Crippen molar-refractivity contribution in [1.82, 2.24) is 15.1 Å². The first kappa shape index (κ1) is 18.2. The highest BCUT2D eigenvalue weighted by molar-refractivity contribution is 6.07. The molecule has 28 heavy (non-hydrogen) atoms. The zero-order chi connectivity index (χ0) is 19.7. The molecule has 6 nitrogen and oxygen atoms in total. The van der Waals surface area contributed by atoms with E-state index in [1.807, 2.05) is 47.4 Å². The topological polar surface area (TPSA) is 69.7 Å². The van der Waals surface area contributed by atoms with Gasteiger partial charge in [0.15, 0.2) is 0 Å². The Morgan fingerprint density at radius 2 is 1.64 bits per heavy atom. The van der Waals surface area contributed by atoms with Crippen LogP contribution in [0, 0.1) is 0 Å². The van der Waals surface area contributed by atoms with Gasteiger partial charge in [-0.05, 0) is 43.0 Å². The largest absolute Gasteiger partial charge is 0.339 e. The summed E-state index contributed by atoms with van der Waals surface area (Å²) in [6.45, 7) is 3.51. The number of rotatable bonds is 4. The third-order valence-corrected chi connectivity index (χ3v) is 5.56. The van der Waals surface area contributed by atoms with Gasteiger partial charge in [-0.1, -0.05) is 42.5 Å². The van der Waals surface area contributed by atoms with Gasteiger partial charge in [0.25, 0.3) is 11.8 Å². The summed E-state index contributed by atoms with van der Waals surface area (Å²) in [6.07, 6.45) is 2.10. The molecule has 1 unspecified atom stereocenters. The number of hydrogen-bond acceptors (Lipinski definition) is 3. The number of imide groups is 1. The van der Waals surface area contributed by atoms with Crippen molar-refractivity contribution >= 4 is 17.8 Å². The maximum Gasteiger partial charge on any atom is 0.325 e. The number of hydrogen-bond donors (Lipinski definition) is 1. The number of carbonyl (C=O) groups is 3. The van der Waals surface area contributed by atoms with Gasteiger partial charge in [0.1, 0.15) is 5.54 Å². The zero-order valence-electron chi connectivity index (χ0n) is 15.9. The molecule has 0 aromatic heterocycles. The van der Waals surface area contributed by atoms with Crippen molar-refractivity contribution in [3.05, 3.63) is 71.3 Å². The summed E-state index contributed by atoms with van der Waals surface area (Å²) in [5.41, 5.74) is 1.13. The van der Waals surface area contributed by atoms with Crippen LogP contribution in [0.25, 0.3) is 0 Å². The summed E-state index contributed by atoms with van der Waals surface area (Å²) < 4.78 is 0. The third-order valence-electron chi connectivity index (χ3n) is 5.56. The molecule has 2 aliphatic heterocycles. The summed E-state index contributed by atoms with van der Waals surface area (Å²) in [4.78, 5) is 41.0. The van der Waals surface area contributed by atoms with Gasteiger partial charge in [0, 0.05) is 18.7 Å². The standard InChI is InChI=1S/C22H23N3O3/c1-22(18-7-3-2-4-8-18)20(27)25(21(28)23-22)15-16-9-11-17(12-10-16)19(26)24-13-5-6-14-24/h2-4,7-12H,5-6,13-15H2,1H3,(H,23,28). The zero-order valence-corrected chi connectivity index (χ0v) is 15.9. The second-order valence-electron chi connectivity index (χ2n) is 7.51. The minimum Gasteiger partial charge on any atom is -0.339 e. The summed E-state index contributed by atoms with van der Waals surface area (Å²) in [7, 11) is 0. The summed E-state index contributed by atoms with van der Waals surface area (Å²) >= 11 is 0. The van der Waals surface area contributed by atoms with Crippen molar-refractivity contribution in [1.29, 1.82) is 0 Å². The van der Waals surface area contributed by atoms with Gasteiger partial charge in [-0.15, -0.1) is 0 Å². The van der Waals surface area contributed by atoms with Crippen LogP contribution in [0.1, 0.15) is 41.3 Å². The minimum absolute atomic E-state index is 0.0377. The van der Waals surface area contributed by atoms with E-state index in [0.29, 0.717) is 5.56 Å². The Bertz CT molecular complexity index is 904. The molecule has 2 aromatic rings. The molecule has 0 aliphatic carbocycles. The van der Waals surface area contributed by atoms with Gasteiger partial charge in [-0.2, -0.15) is 0 Å². The van der Waals surface area contributed by atoms with Crippen molar-refractivity contribution in [2.24, 2.45) is 0 Å². The Balaban J connectivity index is 1.49. The van der Waals surface area contributed by atoms with Crippen LogP contribution < -0.4 is 5.32 Å². The number of nitrogens with one attached hydrogen (secondary N) is 1. The molecule has 2 aromatic carbocycles. The van der Waals surface area contributed by atoms with E-state index in [4.69, 9.17) is 0 Å². The maximum absolute atomic E-state index is 13.0. The van der Waals surface area contributed by atoms with Crippen molar-refractivity contribution < 1.29 is 14.4 Å². The lowest BCUT2D eigenvalue weighted by Crippen LogP contribution is -2.40. The monoisotopic (exact) mass is 377 g/mol. The fourth-order valence-electron chi connectivity index (χ4n) is 3.85. The van der Waals surface area contributed by atoms with Gasteiger partial charge in [0.05, 0.1) is 6.54 Å². The molecule has 144 valence electrons. The molecular formula is C22H23N3O3. The highest BCUT2D eigenvalue weighted by Gasteiger charge is 2.48. The van der Waals surface area contributed by atoms with Gasteiger partial charge in [0.2, 0.25) is 0 Å². The lowest BCUT2D eigenvalue weighted by atomic mass is 9.92. The van der Waals surface area contributed by atoms with E-state index in [2.05, 4.69) is 5.32 Å². The van der Waals surface area contributed by atoms with Gasteiger partial charge in [-0.3, -0.25) is 14.5 Å². The molecular weight excluding hydrogens is 354 g/mol. The first-order chi connectivity index (χ1) is 13.5. The molecule has 0 saturated carbocycles. The van der Waals surface area contributed by atoms with Crippen molar-refractivity contribution in [3.63, 3.8) is 0 Å². The SMILES string of the molecule is CC1(c2ccccc2)NC(=O)N(Cc2ccc(C(=O)N3CCCC3)cc2)C1=O. The van der Waals surface area contributed by atoms with Crippen LogP contribution in [0.3, 0.4) is 0 Å². The van der Waals surface area contributed by atoms with Gasteiger partial charge in [-0.25, -0.2) is 4.79 Å². The number of amides is 4. The Morgan fingerprint density at radius 1 is 1.00 bits per heavy atom. The molecule has 1 N–H and O–H groups in total. The molecule has 1 atom stereocenters. The van der Waals surface area contributed by atoms with Gasteiger partial charge < -0.3 is 10.2 Å². The van der Waals surface area contributed by atoms with Crippen LogP contribution >= 0.6 is 0 Å². The third kappa shape index (κ3) is 3.15. The molecule has 4 rings (SSSR count). The summed E-state index contributed by atoms with van der Waals surface area (Å²) in [5, 5.41) is 2.81. The average Bonchev–Trinajstić information content (AvgIpc) is 3.33. The smallest absolute Gasteiger partial charge is 0.325 e. The van der Waals surface area contributed by atoms with E-state index in [0.717, 1.165) is 37.1 Å². The molecule has 0 bridgehead atoms. The Labute approximate surface area is 164 Å². The van der Waals surface area contributed by atoms with E-state index in [9.17, 15) is 14.4 Å². The Kier molecular flexibility index (Phi) is 4.63. The summed E-state index contributed by atoms with van der Waals surface area (Å²) in [6, 6.07) is 16.0. The minimum atomic E-state index is -1.07. The predicted molar refractivity (Wildman–Crippen MR) is 104 cm³/mol. The number of urea groups is 1. The van der Waals surface area contributed by atoms with Crippen LogP contribution in [0.5, 0.6) is 0 Å². The second-order valence-corrected chi connectivity index (χ2v) is 7.51. The number of nitrogens with zero attached hydrogens (tertiary/aromatic N) is 2. The predicted octanol–water partition coefficient (Wildman–Crippen LogP) is 2.89. The molecule has 0 spiro atoms. The highest BCUT2D eigenvalue weighted by Crippen LogP contribution is 2.29. The fraction of sp³-hybridized carbons (Fsp3) is 0.318. The van der Waals surface area contributed by atoms with Crippen molar-refractivity contribution in [2.45, 2.75) is 31.8 Å². The van der Waals surface area contributed by atoms with Crippen molar-refractivity contribution in [3.8, 4) is 0 Å². The van der Waals surface area contributed by atoms with Crippen molar-refractivity contribution in [2.75, 3.05) is 13.1 Å². The lowest BCUT2D eigenvalue weighted by Gasteiger charge is -2.22. The molecule has 2 heterocycles. The van der Waals surface area contributed by atoms with E-state index < -0.39 is 11.6 Å². The molecule has 2 fully saturated rings. The van der Waals surface area contributed by atoms with Crippen LogP contribution in [0.15, 0.2) is 54.6 Å². The van der Waals surface area contributed by atoms with E-state index in [-0.39, 0.29) is 18.4 Å². The van der Waals surface area contributed by atoms with Gasteiger partial charge >= 0.3 is 6.03 Å². The average molecular weight is 377 g/mol. The molecule has 4 amide bonds. The van der Waals surface area contributed by atoms with E-state index in [1.54, 1.807) is 19.1 Å². The van der Waals surface area contributed by atoms with Crippen LogP contribution in [-0.2, 0) is 16.9 Å². The van der Waals surface area contributed by atoms with E-state index >= 15 is 0 Å². The molecule has 2 saturated heterocycles. The molecule has 0 radical (unpaired) electrons. The van der Waals surface area contributed by atoms with Crippen LogP contribution in [0.4, 0.5) is 4.79 Å². The fourth-order valence-corrected chi connectivity index (χ4v) is 3.85. The number of benzene rings is 2. The normalized spacial score (nSPS) is 21.9.